The summed E-state index contributed by atoms with van der Waals surface area (Å²) in [4.78, 5) is 17.5. The van der Waals surface area contributed by atoms with Crippen LogP contribution in [-0.4, -0.2) is 26.3 Å². The minimum atomic E-state index is -4.44. The van der Waals surface area contributed by atoms with E-state index in [1.54, 1.807) is 6.07 Å². The Morgan fingerprint density at radius 1 is 1.26 bits per heavy atom. The van der Waals surface area contributed by atoms with Gasteiger partial charge in [-0.25, -0.2) is 14.9 Å². The molecule has 3 aromatic rings. The van der Waals surface area contributed by atoms with Gasteiger partial charge >= 0.3 is 11.9 Å². The monoisotopic (exact) mass is 341 g/mol. The second-order valence-corrected chi connectivity index (χ2v) is 6.17. The first kappa shape index (κ1) is 14.2. The molecular weight excluding hydrogens is 331 g/mol. The van der Waals surface area contributed by atoms with Crippen LogP contribution in [0.15, 0.2) is 23.0 Å². The van der Waals surface area contributed by atoms with Gasteiger partial charge in [-0.15, -0.1) is 0 Å². The Morgan fingerprint density at radius 2 is 2.09 bits per heavy atom. The first-order chi connectivity index (χ1) is 10.9. The lowest BCUT2D eigenvalue weighted by Gasteiger charge is -2.25. The van der Waals surface area contributed by atoms with Crippen molar-refractivity contribution >= 4 is 26.7 Å². The molecule has 0 radical (unpaired) electrons. The fourth-order valence-corrected chi connectivity index (χ4v) is 3.65. The lowest BCUT2D eigenvalue weighted by Crippen LogP contribution is -2.37. The summed E-state index contributed by atoms with van der Waals surface area (Å²) in [7, 11) is 0. The Kier molecular flexibility index (Phi) is 2.98. The highest BCUT2D eigenvalue weighted by Gasteiger charge is 2.34. The molecule has 1 aliphatic heterocycles. The fraction of sp³-hybridized carbons (Fsp3) is 0.308. The van der Waals surface area contributed by atoms with Crippen LogP contribution in [0.4, 0.5) is 18.3 Å². The minimum Gasteiger partial charge on any atom is -0.339 e. The van der Waals surface area contributed by atoms with Crippen molar-refractivity contribution in [2.45, 2.75) is 19.3 Å². The highest BCUT2D eigenvalue weighted by molar-refractivity contribution is 7.22. The maximum absolute atomic E-state index is 13.1. The van der Waals surface area contributed by atoms with Crippen LogP contribution in [0.1, 0.15) is 11.4 Å². The molecule has 1 aliphatic rings. The van der Waals surface area contributed by atoms with Gasteiger partial charge in [-0.2, -0.15) is 18.3 Å². The summed E-state index contributed by atoms with van der Waals surface area (Å²) in [5.74, 6) is 0.552. The summed E-state index contributed by atoms with van der Waals surface area (Å²) in [6, 6.07) is 4.04. The Bertz CT molecular complexity index is 941. The lowest BCUT2D eigenvalue weighted by molar-refractivity contribution is -0.136. The molecule has 0 amide bonds. The lowest BCUT2D eigenvalue weighted by atomic mass is 10.2. The number of para-hydroxylation sites is 1. The molecule has 0 bridgehead atoms. The number of benzene rings is 1. The molecule has 3 heterocycles. The van der Waals surface area contributed by atoms with Gasteiger partial charge in [-0.3, -0.25) is 4.57 Å². The second-order valence-electron chi connectivity index (χ2n) is 5.16. The van der Waals surface area contributed by atoms with Gasteiger partial charge in [-0.1, -0.05) is 17.4 Å². The quantitative estimate of drug-likeness (QED) is 0.737. The van der Waals surface area contributed by atoms with Gasteiger partial charge in [-0.05, 0) is 12.1 Å². The van der Waals surface area contributed by atoms with E-state index in [1.807, 2.05) is 4.90 Å². The number of rotatable bonds is 1. The molecule has 1 N–H and O–H groups in total. The van der Waals surface area contributed by atoms with E-state index in [2.05, 4.69) is 15.2 Å². The van der Waals surface area contributed by atoms with Crippen LogP contribution >= 0.6 is 11.3 Å². The fourth-order valence-electron chi connectivity index (χ4n) is 2.64. The molecule has 120 valence electrons. The first-order valence-corrected chi connectivity index (χ1v) is 7.61. The number of halogens is 3. The van der Waals surface area contributed by atoms with E-state index >= 15 is 0 Å². The molecule has 0 saturated heterocycles. The standard InChI is InChI=1S/C13H10F3N5OS/c14-13(15,16)7-2-1-3-8-10(7)17-12(23-8)20-4-5-21-9(6-20)18-19-11(21)22/h1-3H,4-6H2,(H,19,22). The highest BCUT2D eigenvalue weighted by Crippen LogP contribution is 2.38. The molecule has 6 nitrogen and oxygen atoms in total. The molecule has 4 rings (SSSR count). The normalized spacial score (nSPS) is 15.2. The number of aromatic amines is 1. The number of hydrogen-bond acceptors (Lipinski definition) is 5. The van der Waals surface area contributed by atoms with E-state index < -0.39 is 11.7 Å². The van der Waals surface area contributed by atoms with Crippen LogP contribution in [0.25, 0.3) is 10.2 Å². The Morgan fingerprint density at radius 3 is 2.87 bits per heavy atom. The van der Waals surface area contributed by atoms with E-state index in [0.717, 1.165) is 6.07 Å². The zero-order chi connectivity index (χ0) is 16.2. The summed E-state index contributed by atoms with van der Waals surface area (Å²) in [6.07, 6.45) is -4.44. The summed E-state index contributed by atoms with van der Waals surface area (Å²) in [5.41, 5.74) is -1.04. The van der Waals surface area contributed by atoms with E-state index in [4.69, 9.17) is 0 Å². The van der Waals surface area contributed by atoms with Gasteiger partial charge < -0.3 is 4.90 Å². The molecule has 0 fully saturated rings. The Labute approximate surface area is 131 Å². The van der Waals surface area contributed by atoms with Gasteiger partial charge in [0.1, 0.15) is 0 Å². The maximum Gasteiger partial charge on any atom is 0.418 e. The third kappa shape index (κ3) is 2.29. The molecule has 2 aromatic heterocycles. The molecule has 0 spiro atoms. The van der Waals surface area contributed by atoms with Crippen molar-refractivity contribution in [3.63, 3.8) is 0 Å². The number of fused-ring (bicyclic) bond motifs is 2. The van der Waals surface area contributed by atoms with Crippen LogP contribution in [0.3, 0.4) is 0 Å². The molecule has 1 aromatic carbocycles. The van der Waals surface area contributed by atoms with E-state index in [0.29, 0.717) is 35.3 Å². The Hall–Kier alpha value is -2.36. The van der Waals surface area contributed by atoms with E-state index in [-0.39, 0.29) is 11.2 Å². The average molecular weight is 341 g/mol. The summed E-state index contributed by atoms with van der Waals surface area (Å²) >= 11 is 1.20. The van der Waals surface area contributed by atoms with Crippen molar-refractivity contribution in [2.75, 3.05) is 11.4 Å². The Balaban J connectivity index is 1.75. The van der Waals surface area contributed by atoms with Gasteiger partial charge in [0.2, 0.25) is 0 Å². The van der Waals surface area contributed by atoms with Crippen LogP contribution in [0, 0.1) is 0 Å². The van der Waals surface area contributed by atoms with Gasteiger partial charge in [0, 0.05) is 13.1 Å². The summed E-state index contributed by atoms with van der Waals surface area (Å²) in [5, 5.41) is 6.79. The third-order valence-corrected chi connectivity index (χ3v) is 4.83. The number of anilines is 1. The predicted molar refractivity (Wildman–Crippen MR) is 78.5 cm³/mol. The van der Waals surface area contributed by atoms with Crippen LogP contribution in [0.2, 0.25) is 0 Å². The van der Waals surface area contributed by atoms with Crippen LogP contribution < -0.4 is 10.6 Å². The van der Waals surface area contributed by atoms with Crippen molar-refractivity contribution < 1.29 is 13.2 Å². The van der Waals surface area contributed by atoms with Crippen molar-refractivity contribution in [2.24, 2.45) is 0 Å². The second kappa shape index (κ2) is 4.82. The average Bonchev–Trinajstić information content (AvgIpc) is 3.09. The largest absolute Gasteiger partial charge is 0.418 e. The third-order valence-electron chi connectivity index (χ3n) is 3.75. The maximum atomic E-state index is 13.1. The zero-order valence-corrected chi connectivity index (χ0v) is 12.4. The zero-order valence-electron chi connectivity index (χ0n) is 11.6. The predicted octanol–water partition coefficient (Wildman–Crippen LogP) is 2.22. The van der Waals surface area contributed by atoms with Gasteiger partial charge in [0.25, 0.3) is 0 Å². The van der Waals surface area contributed by atoms with Crippen molar-refractivity contribution in [3.05, 3.63) is 40.1 Å². The van der Waals surface area contributed by atoms with Crippen LogP contribution in [0.5, 0.6) is 0 Å². The molecular formula is C13H10F3N5OS. The molecule has 23 heavy (non-hydrogen) atoms. The smallest absolute Gasteiger partial charge is 0.339 e. The highest BCUT2D eigenvalue weighted by atomic mass is 32.1. The number of nitrogens with zero attached hydrogens (tertiary/aromatic N) is 4. The van der Waals surface area contributed by atoms with Gasteiger partial charge in [0.05, 0.1) is 22.3 Å². The SMILES string of the molecule is O=c1[nH]nc2n1CCN(c1nc3c(C(F)(F)F)cccc3s1)C2. The van der Waals surface area contributed by atoms with E-state index in [1.165, 1.54) is 22.0 Å². The van der Waals surface area contributed by atoms with Crippen LogP contribution in [-0.2, 0) is 19.3 Å². The van der Waals surface area contributed by atoms with Crippen molar-refractivity contribution in [1.82, 2.24) is 19.7 Å². The number of hydrogen-bond donors (Lipinski definition) is 1. The summed E-state index contributed by atoms with van der Waals surface area (Å²) in [6.45, 7) is 1.25. The van der Waals surface area contributed by atoms with E-state index in [9.17, 15) is 18.0 Å². The molecule has 0 aliphatic carbocycles. The van der Waals surface area contributed by atoms with Gasteiger partial charge in [0.15, 0.2) is 11.0 Å². The first-order valence-electron chi connectivity index (χ1n) is 6.79. The number of nitrogens with one attached hydrogen (secondary N) is 1. The number of H-pyrrole nitrogens is 1. The summed E-state index contributed by atoms with van der Waals surface area (Å²) < 4.78 is 41.2. The number of aromatic nitrogens is 4. The van der Waals surface area contributed by atoms with Crippen molar-refractivity contribution in [3.8, 4) is 0 Å². The molecule has 0 atom stereocenters. The minimum absolute atomic E-state index is 0.0370. The number of alkyl halides is 3. The molecule has 0 saturated carbocycles. The molecule has 0 unspecified atom stereocenters. The molecule has 10 heteroatoms. The van der Waals surface area contributed by atoms with Crippen molar-refractivity contribution in [1.29, 1.82) is 0 Å². The topological polar surface area (TPSA) is 66.8 Å². The number of thiazole rings is 1.